The van der Waals surface area contributed by atoms with Crippen LogP contribution in [0.1, 0.15) is 30.0 Å². The third-order valence-electron chi connectivity index (χ3n) is 3.83. The van der Waals surface area contributed by atoms with Crippen molar-refractivity contribution >= 4 is 11.8 Å². The van der Waals surface area contributed by atoms with Crippen LogP contribution in [0.3, 0.4) is 0 Å². The summed E-state index contributed by atoms with van der Waals surface area (Å²) >= 11 is 0. The second-order valence-corrected chi connectivity index (χ2v) is 6.05. The van der Waals surface area contributed by atoms with E-state index in [0.29, 0.717) is 18.6 Å². The summed E-state index contributed by atoms with van der Waals surface area (Å²) in [6, 6.07) is 15.5. The van der Waals surface area contributed by atoms with Crippen molar-refractivity contribution in [1.82, 2.24) is 10.9 Å². The molecule has 1 unspecified atom stereocenters. The van der Waals surface area contributed by atoms with Gasteiger partial charge < -0.3 is 4.74 Å². The number of ether oxygens (including phenoxy) is 1. The summed E-state index contributed by atoms with van der Waals surface area (Å²) in [5.74, 6) is 0.0307. The van der Waals surface area contributed by atoms with Gasteiger partial charge in [-0.15, -0.1) is 0 Å². The first-order chi connectivity index (χ1) is 12.0. The fourth-order valence-corrected chi connectivity index (χ4v) is 2.28. The van der Waals surface area contributed by atoms with Gasteiger partial charge in [0, 0.05) is 6.42 Å². The maximum Gasteiger partial charge on any atom is 0.279 e. The highest BCUT2D eigenvalue weighted by atomic mass is 16.5. The largest absolute Gasteiger partial charge is 0.481 e. The lowest BCUT2D eigenvalue weighted by Crippen LogP contribution is -2.47. The van der Waals surface area contributed by atoms with Crippen LogP contribution in [0.5, 0.6) is 5.75 Å². The van der Waals surface area contributed by atoms with E-state index in [2.05, 4.69) is 10.9 Å². The molecule has 0 aliphatic carbocycles. The lowest BCUT2D eigenvalue weighted by molar-refractivity contribution is -0.132. The lowest BCUT2D eigenvalue weighted by atomic mass is 10.1. The lowest BCUT2D eigenvalue weighted by Gasteiger charge is -2.17. The number of rotatable bonds is 6. The van der Waals surface area contributed by atoms with Crippen molar-refractivity contribution < 1.29 is 14.3 Å². The monoisotopic (exact) mass is 340 g/mol. The number of nitrogens with one attached hydrogen (secondary N) is 2. The molecule has 0 heterocycles. The molecule has 132 valence electrons. The van der Waals surface area contributed by atoms with Gasteiger partial charge in [0.2, 0.25) is 5.91 Å². The molecule has 0 saturated heterocycles. The van der Waals surface area contributed by atoms with E-state index in [1.807, 2.05) is 62.4 Å². The van der Waals surface area contributed by atoms with Crippen molar-refractivity contribution in [2.24, 2.45) is 0 Å². The van der Waals surface area contributed by atoms with Gasteiger partial charge in [0.15, 0.2) is 6.10 Å². The first kappa shape index (κ1) is 18.5. The summed E-state index contributed by atoms with van der Waals surface area (Å²) in [5.41, 5.74) is 7.93. The van der Waals surface area contributed by atoms with Crippen molar-refractivity contribution in [3.05, 3.63) is 65.2 Å². The third kappa shape index (κ3) is 5.95. The molecule has 0 fully saturated rings. The second kappa shape index (κ2) is 8.87. The van der Waals surface area contributed by atoms with Gasteiger partial charge in [-0.05, 0) is 49.9 Å². The van der Waals surface area contributed by atoms with E-state index in [9.17, 15) is 9.59 Å². The van der Waals surface area contributed by atoms with Crippen molar-refractivity contribution in [2.75, 3.05) is 0 Å². The Labute approximate surface area is 148 Å². The highest BCUT2D eigenvalue weighted by Gasteiger charge is 2.16. The SMILES string of the molecule is Cc1ccc(C)c(OC(C)C(=O)NNC(=O)CCc2ccccc2)c1. The molecule has 0 saturated carbocycles. The van der Waals surface area contributed by atoms with E-state index < -0.39 is 12.0 Å². The van der Waals surface area contributed by atoms with E-state index >= 15 is 0 Å². The van der Waals surface area contributed by atoms with E-state index in [1.165, 1.54) is 0 Å². The van der Waals surface area contributed by atoms with Crippen molar-refractivity contribution in [2.45, 2.75) is 39.7 Å². The van der Waals surface area contributed by atoms with Gasteiger partial charge in [0.05, 0.1) is 0 Å². The quantitative estimate of drug-likeness (QED) is 0.795. The van der Waals surface area contributed by atoms with Crippen molar-refractivity contribution in [1.29, 1.82) is 0 Å². The van der Waals surface area contributed by atoms with Gasteiger partial charge in [-0.25, -0.2) is 0 Å². The van der Waals surface area contributed by atoms with Gasteiger partial charge in [-0.1, -0.05) is 42.5 Å². The van der Waals surface area contributed by atoms with Crippen LogP contribution in [-0.2, 0) is 16.0 Å². The second-order valence-electron chi connectivity index (χ2n) is 6.05. The number of amides is 2. The maximum atomic E-state index is 12.1. The molecule has 2 amide bonds. The Morgan fingerprint density at radius 1 is 1.04 bits per heavy atom. The van der Waals surface area contributed by atoms with Crippen LogP contribution in [-0.4, -0.2) is 17.9 Å². The van der Waals surface area contributed by atoms with E-state index in [4.69, 9.17) is 4.74 Å². The predicted molar refractivity (Wildman–Crippen MR) is 97.1 cm³/mol. The molecule has 5 heteroatoms. The minimum atomic E-state index is -0.713. The third-order valence-corrected chi connectivity index (χ3v) is 3.83. The minimum absolute atomic E-state index is 0.240. The Kier molecular flexibility index (Phi) is 6.57. The number of carbonyl (C=O) groups is 2. The Morgan fingerprint density at radius 2 is 1.76 bits per heavy atom. The Morgan fingerprint density at radius 3 is 2.48 bits per heavy atom. The molecular weight excluding hydrogens is 316 g/mol. The molecule has 2 rings (SSSR count). The summed E-state index contributed by atoms with van der Waals surface area (Å²) < 4.78 is 5.69. The maximum absolute atomic E-state index is 12.1. The average molecular weight is 340 g/mol. The molecule has 0 aliphatic rings. The Bertz CT molecular complexity index is 729. The number of carbonyl (C=O) groups excluding carboxylic acids is 2. The minimum Gasteiger partial charge on any atom is -0.481 e. The number of hydrogen-bond donors (Lipinski definition) is 2. The molecule has 2 aromatic rings. The predicted octanol–water partition coefficient (Wildman–Crippen LogP) is 2.85. The van der Waals surface area contributed by atoms with E-state index in [-0.39, 0.29) is 5.91 Å². The molecule has 0 radical (unpaired) electrons. The fraction of sp³-hybridized carbons (Fsp3) is 0.300. The smallest absolute Gasteiger partial charge is 0.279 e. The first-order valence-electron chi connectivity index (χ1n) is 8.32. The summed E-state index contributed by atoms with van der Waals surface area (Å²) in [7, 11) is 0. The Hall–Kier alpha value is -2.82. The van der Waals surface area contributed by atoms with Gasteiger partial charge >= 0.3 is 0 Å². The number of benzene rings is 2. The summed E-state index contributed by atoms with van der Waals surface area (Å²) in [5, 5.41) is 0. The number of hydrogen-bond acceptors (Lipinski definition) is 3. The van der Waals surface area contributed by atoms with Crippen LogP contribution in [0.4, 0.5) is 0 Å². The van der Waals surface area contributed by atoms with Crippen LogP contribution >= 0.6 is 0 Å². The number of aryl methyl sites for hydroxylation is 3. The zero-order chi connectivity index (χ0) is 18.2. The number of hydrazine groups is 1. The van der Waals surface area contributed by atoms with Crippen LogP contribution in [0.2, 0.25) is 0 Å². The molecule has 2 N–H and O–H groups in total. The Balaban J connectivity index is 1.77. The zero-order valence-corrected chi connectivity index (χ0v) is 14.8. The van der Waals surface area contributed by atoms with Gasteiger partial charge in [-0.2, -0.15) is 0 Å². The molecule has 5 nitrogen and oxygen atoms in total. The summed E-state index contributed by atoms with van der Waals surface area (Å²) in [6.45, 7) is 5.53. The molecular formula is C20H24N2O3. The highest BCUT2D eigenvalue weighted by molar-refractivity contribution is 5.84. The molecule has 25 heavy (non-hydrogen) atoms. The average Bonchev–Trinajstić information content (AvgIpc) is 2.61. The van der Waals surface area contributed by atoms with E-state index in [0.717, 1.165) is 16.7 Å². The molecule has 0 spiro atoms. The van der Waals surface area contributed by atoms with Gasteiger partial charge in [0.1, 0.15) is 5.75 Å². The van der Waals surface area contributed by atoms with E-state index in [1.54, 1.807) is 6.92 Å². The zero-order valence-electron chi connectivity index (χ0n) is 14.8. The van der Waals surface area contributed by atoms with Crippen molar-refractivity contribution in [3.8, 4) is 5.75 Å². The topological polar surface area (TPSA) is 67.4 Å². The van der Waals surface area contributed by atoms with Crippen LogP contribution < -0.4 is 15.6 Å². The van der Waals surface area contributed by atoms with Crippen molar-refractivity contribution in [3.63, 3.8) is 0 Å². The molecule has 0 aliphatic heterocycles. The fourth-order valence-electron chi connectivity index (χ4n) is 2.28. The van der Waals surface area contributed by atoms with Crippen LogP contribution in [0.25, 0.3) is 0 Å². The molecule has 0 aromatic heterocycles. The first-order valence-corrected chi connectivity index (χ1v) is 8.32. The summed E-state index contributed by atoms with van der Waals surface area (Å²) in [4.78, 5) is 23.9. The van der Waals surface area contributed by atoms with Crippen LogP contribution in [0.15, 0.2) is 48.5 Å². The molecule has 1 atom stereocenters. The highest BCUT2D eigenvalue weighted by Crippen LogP contribution is 2.20. The van der Waals surface area contributed by atoms with Gasteiger partial charge in [0.25, 0.3) is 5.91 Å². The molecule has 0 bridgehead atoms. The standard InChI is InChI=1S/C20H24N2O3/c1-14-9-10-15(2)18(13-14)25-16(3)20(24)22-21-19(23)12-11-17-7-5-4-6-8-17/h4-10,13,16H,11-12H2,1-3H3,(H,21,23)(H,22,24). The molecule has 2 aromatic carbocycles. The summed E-state index contributed by atoms with van der Waals surface area (Å²) in [6.07, 6.45) is 0.211. The normalized spacial score (nSPS) is 11.5. The van der Waals surface area contributed by atoms with Crippen LogP contribution in [0, 0.1) is 13.8 Å². The van der Waals surface area contributed by atoms with Gasteiger partial charge in [-0.3, -0.25) is 20.4 Å².